The molecule has 1 aromatic rings. The summed E-state index contributed by atoms with van der Waals surface area (Å²) in [4.78, 5) is 69.9. The van der Waals surface area contributed by atoms with Crippen molar-refractivity contribution in [2.45, 2.75) is 58.2 Å². The number of halogens is 1. The van der Waals surface area contributed by atoms with E-state index in [4.69, 9.17) is 17.3 Å². The summed E-state index contributed by atoms with van der Waals surface area (Å²) in [6, 6.07) is 0.300. The number of carbonyl (C=O) groups excluding carboxylic acids is 5. The Morgan fingerprint density at radius 3 is 2.40 bits per heavy atom. The molecule has 2 unspecified atom stereocenters. The van der Waals surface area contributed by atoms with Gasteiger partial charge in [-0.25, -0.2) is 0 Å². The first-order chi connectivity index (χ1) is 18.7. The van der Waals surface area contributed by atoms with Crippen LogP contribution in [0, 0.1) is 29.6 Å². The van der Waals surface area contributed by atoms with E-state index >= 15 is 0 Å². The highest BCUT2D eigenvalue weighted by molar-refractivity contribution is 6.34. The molecule has 10 nitrogen and oxygen atoms in total. The molecule has 3 aliphatic rings. The van der Waals surface area contributed by atoms with Crippen LogP contribution in [0.4, 0.5) is 0 Å². The number of hydrogen-bond acceptors (Lipinski definition) is 9. The van der Waals surface area contributed by atoms with Crippen LogP contribution < -0.4 is 5.73 Å². The average Bonchev–Trinajstić information content (AvgIpc) is 2.86. The minimum atomic E-state index is -2.74. The van der Waals surface area contributed by atoms with E-state index < -0.39 is 64.4 Å². The molecule has 4 rings (SSSR count). The van der Waals surface area contributed by atoms with Gasteiger partial charge in [0.1, 0.15) is 5.75 Å². The number of fused-ring (bicyclic) bond motifs is 3. The molecule has 2 fully saturated rings. The molecular formula is C29H38ClN3O7. The molecule has 1 amide bonds. The Labute approximate surface area is 238 Å². The van der Waals surface area contributed by atoms with E-state index in [-0.39, 0.29) is 24.2 Å². The summed E-state index contributed by atoms with van der Waals surface area (Å²) >= 11 is 6.85. The topological polar surface area (TPSA) is 158 Å². The summed E-state index contributed by atoms with van der Waals surface area (Å²) in [5.41, 5.74) is 3.60. The third-order valence-corrected chi connectivity index (χ3v) is 9.40. The van der Waals surface area contributed by atoms with Crippen LogP contribution in [0.1, 0.15) is 55.1 Å². The quantitative estimate of drug-likeness (QED) is 0.389. The molecule has 2 saturated carbocycles. The number of likely N-dealkylation sites (N-methyl/N-ethyl adjacent to an activating group) is 1. The first-order valence-electron chi connectivity index (χ1n) is 13.8. The number of nitrogens with zero attached hydrogens (tertiary/aromatic N) is 2. The lowest BCUT2D eigenvalue weighted by molar-refractivity contribution is -0.181. The molecule has 1 aromatic carbocycles. The van der Waals surface area contributed by atoms with E-state index in [0.29, 0.717) is 28.6 Å². The van der Waals surface area contributed by atoms with Crippen molar-refractivity contribution in [2.75, 3.05) is 27.2 Å². The lowest BCUT2D eigenvalue weighted by Gasteiger charge is -2.52. The Bertz CT molecular complexity index is 1280. The third kappa shape index (κ3) is 4.68. The summed E-state index contributed by atoms with van der Waals surface area (Å²) in [6.07, 6.45) is 1.11. The molecular weight excluding hydrogens is 538 g/mol. The normalized spacial score (nSPS) is 30.1. The Kier molecular flexibility index (Phi) is 8.31. The van der Waals surface area contributed by atoms with Crippen molar-refractivity contribution in [3.8, 4) is 5.75 Å². The van der Waals surface area contributed by atoms with Crippen molar-refractivity contribution in [2.24, 2.45) is 35.3 Å². The van der Waals surface area contributed by atoms with Crippen LogP contribution in [-0.4, -0.2) is 87.9 Å². The fraction of sp³-hybridized carbons (Fsp3) is 0.621. The SMILES string of the molecule is CCN(CCC(C)C)Cc1cc(O)c2c(c1Cl)C[C@H]1C[C@H]3[C@H](N(C)C)C(=O)C(C(N)=O)C(=O)[C@@]3(O)C(=O)C1C2=O. The fourth-order valence-electron chi connectivity index (χ4n) is 6.85. The van der Waals surface area contributed by atoms with Crippen molar-refractivity contribution in [3.05, 3.63) is 27.8 Å². The second-order valence-corrected chi connectivity index (χ2v) is 12.4. The van der Waals surface area contributed by atoms with E-state index in [1.165, 1.54) is 11.0 Å². The first kappa shape index (κ1) is 30.3. The van der Waals surface area contributed by atoms with Crippen LogP contribution in [0.5, 0.6) is 5.75 Å². The van der Waals surface area contributed by atoms with Crippen LogP contribution >= 0.6 is 11.6 Å². The zero-order valence-corrected chi connectivity index (χ0v) is 24.3. The maximum atomic E-state index is 13.9. The van der Waals surface area contributed by atoms with Crippen molar-refractivity contribution >= 4 is 40.6 Å². The molecule has 6 atom stereocenters. The second-order valence-electron chi connectivity index (χ2n) is 12.1. The number of primary amides is 1. The Hall–Kier alpha value is -2.66. The van der Waals surface area contributed by atoms with Crippen LogP contribution in [0.2, 0.25) is 5.02 Å². The molecule has 0 radical (unpaired) electrons. The molecule has 4 N–H and O–H groups in total. The molecule has 0 spiro atoms. The number of ketones is 4. The van der Waals surface area contributed by atoms with Gasteiger partial charge in [0.05, 0.1) is 17.5 Å². The molecule has 0 heterocycles. The molecule has 11 heteroatoms. The molecule has 0 bridgehead atoms. The molecule has 3 aliphatic carbocycles. The highest BCUT2D eigenvalue weighted by Crippen LogP contribution is 2.51. The highest BCUT2D eigenvalue weighted by Gasteiger charge is 2.69. The predicted molar refractivity (Wildman–Crippen MR) is 147 cm³/mol. The number of nitrogens with two attached hydrogens (primary N) is 1. The van der Waals surface area contributed by atoms with Crippen LogP contribution in [0.25, 0.3) is 0 Å². The zero-order chi connectivity index (χ0) is 29.8. The number of amides is 1. The first-order valence-corrected chi connectivity index (χ1v) is 14.1. The van der Waals surface area contributed by atoms with Gasteiger partial charge in [-0.2, -0.15) is 0 Å². The monoisotopic (exact) mass is 575 g/mol. The van der Waals surface area contributed by atoms with Gasteiger partial charge >= 0.3 is 0 Å². The number of benzene rings is 1. The van der Waals surface area contributed by atoms with E-state index in [1.807, 2.05) is 6.92 Å². The summed E-state index contributed by atoms with van der Waals surface area (Å²) in [5.74, 6) is -10.2. The average molecular weight is 576 g/mol. The number of carbonyl (C=O) groups is 5. The van der Waals surface area contributed by atoms with E-state index in [9.17, 15) is 34.2 Å². The van der Waals surface area contributed by atoms with E-state index in [0.717, 1.165) is 19.5 Å². The minimum absolute atomic E-state index is 0.0132. The summed E-state index contributed by atoms with van der Waals surface area (Å²) in [5, 5.41) is 23.0. The standard InChI is InChI=1S/C29H38ClN3O7/c1-6-33(8-7-13(2)3)12-15-11-18(34)20-16(22(15)30)9-14-10-17-23(32(4)5)25(36)21(28(31)39)27(38)29(17,40)26(37)19(14)24(20)35/h11,13-14,17,19,21,23,34,40H,6-10,12H2,1-5H3,(H2,31,39)/t14-,17-,19?,21?,23-,29-/m0/s1. The maximum absolute atomic E-state index is 13.9. The predicted octanol–water partition coefficient (Wildman–Crippen LogP) is 1.39. The van der Waals surface area contributed by atoms with Crippen LogP contribution in [0.15, 0.2) is 6.07 Å². The Morgan fingerprint density at radius 2 is 1.85 bits per heavy atom. The highest BCUT2D eigenvalue weighted by atomic mass is 35.5. The molecule has 0 aliphatic heterocycles. The number of phenols is 1. The van der Waals surface area contributed by atoms with Gasteiger partial charge in [-0.3, -0.25) is 33.8 Å². The van der Waals surface area contributed by atoms with Crippen molar-refractivity contribution in [1.82, 2.24) is 9.80 Å². The number of rotatable bonds is 8. The molecule has 40 heavy (non-hydrogen) atoms. The van der Waals surface area contributed by atoms with Crippen molar-refractivity contribution in [3.63, 3.8) is 0 Å². The van der Waals surface area contributed by atoms with Gasteiger partial charge in [-0.15, -0.1) is 0 Å². The van der Waals surface area contributed by atoms with Crippen LogP contribution in [0.3, 0.4) is 0 Å². The van der Waals surface area contributed by atoms with Crippen molar-refractivity contribution < 1.29 is 34.2 Å². The summed E-state index contributed by atoms with van der Waals surface area (Å²) < 4.78 is 0. The lowest BCUT2D eigenvalue weighted by Crippen LogP contribution is -2.74. The Balaban J connectivity index is 1.76. The largest absolute Gasteiger partial charge is 0.507 e. The van der Waals surface area contributed by atoms with E-state index in [2.05, 4.69) is 18.7 Å². The molecule has 0 aromatic heterocycles. The summed E-state index contributed by atoms with van der Waals surface area (Å²) in [7, 11) is 3.10. The van der Waals surface area contributed by atoms with Gasteiger partial charge in [-0.1, -0.05) is 32.4 Å². The maximum Gasteiger partial charge on any atom is 0.235 e. The number of hydrogen-bond donors (Lipinski definition) is 3. The zero-order valence-electron chi connectivity index (χ0n) is 23.6. The third-order valence-electron chi connectivity index (χ3n) is 8.93. The molecule has 0 saturated heterocycles. The van der Waals surface area contributed by atoms with Gasteiger partial charge in [0.15, 0.2) is 34.7 Å². The van der Waals surface area contributed by atoms with Gasteiger partial charge < -0.3 is 15.9 Å². The number of Topliss-reactive ketones (excluding diaryl/α,β-unsaturated/α-hetero) is 4. The number of aliphatic hydroxyl groups is 1. The van der Waals surface area contributed by atoms with Gasteiger partial charge in [0.2, 0.25) is 5.91 Å². The van der Waals surface area contributed by atoms with Crippen LogP contribution in [-0.2, 0) is 32.1 Å². The smallest absolute Gasteiger partial charge is 0.235 e. The van der Waals surface area contributed by atoms with Gasteiger partial charge in [0, 0.05) is 17.5 Å². The number of phenolic OH excluding ortho intramolecular Hbond substituents is 1. The van der Waals surface area contributed by atoms with Gasteiger partial charge in [0.25, 0.3) is 0 Å². The van der Waals surface area contributed by atoms with E-state index in [1.54, 1.807) is 14.1 Å². The Morgan fingerprint density at radius 1 is 1.20 bits per heavy atom. The molecule has 218 valence electrons. The lowest BCUT2D eigenvalue weighted by atomic mass is 9.52. The second kappa shape index (κ2) is 11.0. The fourth-order valence-corrected chi connectivity index (χ4v) is 7.14. The minimum Gasteiger partial charge on any atom is -0.507 e. The number of aromatic hydroxyl groups is 1. The summed E-state index contributed by atoms with van der Waals surface area (Å²) in [6.45, 7) is 8.38. The van der Waals surface area contributed by atoms with Gasteiger partial charge in [-0.05, 0) is 75.5 Å². The van der Waals surface area contributed by atoms with Crippen molar-refractivity contribution in [1.29, 1.82) is 0 Å².